The van der Waals surface area contributed by atoms with Crippen LogP contribution in [0.3, 0.4) is 0 Å². The van der Waals surface area contributed by atoms with Gasteiger partial charge in [0.15, 0.2) is 11.4 Å². The van der Waals surface area contributed by atoms with E-state index in [1.165, 1.54) is 0 Å². The molecule has 0 unspecified atom stereocenters. The molecule has 1 rings (SSSR count). The molecule has 0 heterocycles. The molecule has 0 fully saturated rings. The zero-order valence-corrected chi connectivity index (χ0v) is 14.1. The molecule has 1 aromatic carbocycles. The average molecular weight is 384 g/mol. The quantitative estimate of drug-likeness (QED) is 0.286. The van der Waals surface area contributed by atoms with Crippen molar-refractivity contribution in [2.75, 3.05) is 6.26 Å². The van der Waals surface area contributed by atoms with Crippen LogP contribution in [-0.2, 0) is 20.0 Å². The fourth-order valence-electron chi connectivity index (χ4n) is 1.34. The Morgan fingerprint density at radius 3 is 2.23 bits per heavy atom. The van der Waals surface area contributed by atoms with Crippen LogP contribution in [0.15, 0.2) is 26.9 Å². The lowest BCUT2D eigenvalue weighted by molar-refractivity contribution is 0.596. The van der Waals surface area contributed by atoms with E-state index in [0.29, 0.717) is 0 Å². The molecule has 0 spiro atoms. The molecule has 0 saturated heterocycles. The van der Waals surface area contributed by atoms with Gasteiger partial charge in [0.2, 0.25) is 20.0 Å². The Hall–Kier alpha value is -1.36. The number of nitrogens with zero attached hydrogens (tertiary/aromatic N) is 2. The van der Waals surface area contributed by atoms with E-state index < -0.39 is 29.8 Å². The predicted molar refractivity (Wildman–Crippen MR) is 83.6 cm³/mol. The van der Waals surface area contributed by atoms with Crippen molar-refractivity contribution in [2.24, 2.45) is 15.3 Å². The van der Waals surface area contributed by atoms with E-state index in [1.807, 2.05) is 0 Å². The van der Waals surface area contributed by atoms with Crippen LogP contribution in [-0.4, -0.2) is 28.3 Å². The number of halogens is 1. The van der Waals surface area contributed by atoms with Gasteiger partial charge in [0.25, 0.3) is 0 Å². The smallest absolute Gasteiger partial charge is 0.240 e. The van der Waals surface area contributed by atoms with Crippen molar-refractivity contribution >= 4 is 54.3 Å². The van der Waals surface area contributed by atoms with Gasteiger partial charge < -0.3 is 0 Å². The molecule has 0 aromatic heterocycles. The summed E-state index contributed by atoms with van der Waals surface area (Å²) in [6.45, 7) is 0. The Morgan fingerprint density at radius 2 is 1.82 bits per heavy atom. The first-order chi connectivity index (χ1) is 10.0. The van der Waals surface area contributed by atoms with E-state index >= 15 is 0 Å². The van der Waals surface area contributed by atoms with E-state index in [4.69, 9.17) is 27.1 Å². The van der Waals surface area contributed by atoms with Crippen LogP contribution < -0.4 is 15.6 Å². The molecule has 1 aromatic rings. The zero-order valence-electron chi connectivity index (χ0n) is 10.9. The van der Waals surface area contributed by atoms with Crippen molar-refractivity contribution in [3.8, 4) is 6.19 Å². The first-order valence-corrected chi connectivity index (χ1v) is 9.87. The number of aliphatic imine (C=N–C) groups is 1. The maximum Gasteiger partial charge on any atom is 0.240 e. The number of hydrogen-bond donors (Lipinski definition) is 3. The number of nitrogens with two attached hydrogens (primary N) is 2. The van der Waals surface area contributed by atoms with Crippen molar-refractivity contribution in [2.45, 2.75) is 9.79 Å². The Morgan fingerprint density at radius 1 is 1.27 bits per heavy atom. The lowest BCUT2D eigenvalue weighted by atomic mass is 10.3. The number of nitriles is 1. The molecule has 0 amide bonds. The van der Waals surface area contributed by atoms with E-state index in [2.05, 4.69) is 10.3 Å². The molecular weight excluding hydrogens is 374 g/mol. The number of benzene rings is 1. The van der Waals surface area contributed by atoms with Crippen LogP contribution >= 0.6 is 23.4 Å². The summed E-state index contributed by atoms with van der Waals surface area (Å²) in [5.74, 6) is 0. The lowest BCUT2D eigenvalue weighted by Crippen LogP contribution is -2.17. The molecular formula is C9H10ClN5O4S3. The average Bonchev–Trinajstić information content (AvgIpc) is 2.35. The first kappa shape index (κ1) is 18.7. The van der Waals surface area contributed by atoms with Crippen molar-refractivity contribution in [1.82, 2.24) is 5.32 Å². The lowest BCUT2D eigenvalue weighted by Gasteiger charge is -2.09. The van der Waals surface area contributed by atoms with Crippen molar-refractivity contribution in [3.05, 3.63) is 17.2 Å². The van der Waals surface area contributed by atoms with Crippen molar-refractivity contribution in [1.29, 1.82) is 5.26 Å². The Balaban J connectivity index is 3.74. The standard InChI is InChI=1S/C9H10ClN5O4S3/c1-20-9(14-4-11)15-6-2-5(10)7(21(12,16)17)3-8(6)22(13,18)19/h2-3H,1H3,(H,14,15)(H2,12,16,17)(H2,13,18,19). The first-order valence-electron chi connectivity index (χ1n) is 5.17. The van der Waals surface area contributed by atoms with Gasteiger partial charge in [-0.15, -0.1) is 0 Å². The molecule has 0 atom stereocenters. The fraction of sp³-hybridized carbons (Fsp3) is 0.111. The summed E-state index contributed by atoms with van der Waals surface area (Å²) in [7, 11) is -8.56. The number of amidine groups is 1. The van der Waals surface area contributed by atoms with Gasteiger partial charge in [-0.3, -0.25) is 5.32 Å². The predicted octanol–water partition coefficient (Wildman–Crippen LogP) is 0.0560. The van der Waals surface area contributed by atoms with Gasteiger partial charge in [0.1, 0.15) is 9.79 Å². The highest BCUT2D eigenvalue weighted by molar-refractivity contribution is 8.13. The minimum Gasteiger partial charge on any atom is -0.271 e. The Kier molecular flexibility index (Phi) is 5.79. The van der Waals surface area contributed by atoms with Gasteiger partial charge in [0.05, 0.1) is 10.7 Å². The minimum atomic E-state index is -4.31. The number of thioether (sulfide) groups is 1. The maximum atomic E-state index is 11.6. The Labute approximate surface area is 136 Å². The van der Waals surface area contributed by atoms with Crippen molar-refractivity contribution < 1.29 is 16.8 Å². The number of rotatable bonds is 3. The highest BCUT2D eigenvalue weighted by atomic mass is 35.5. The summed E-state index contributed by atoms with van der Waals surface area (Å²) in [4.78, 5) is 2.69. The van der Waals surface area contributed by atoms with Gasteiger partial charge in [-0.1, -0.05) is 23.4 Å². The van der Waals surface area contributed by atoms with Gasteiger partial charge in [-0.05, 0) is 18.4 Å². The second-order valence-electron chi connectivity index (χ2n) is 3.70. The third-order valence-corrected chi connectivity index (χ3v) is 5.10. The molecule has 5 N–H and O–H groups in total. The number of hydrogen-bond acceptors (Lipinski definition) is 7. The summed E-state index contributed by atoms with van der Waals surface area (Å²) in [5.41, 5.74) is -0.230. The summed E-state index contributed by atoms with van der Waals surface area (Å²) >= 11 is 6.80. The monoisotopic (exact) mass is 383 g/mol. The van der Waals surface area contributed by atoms with E-state index in [9.17, 15) is 16.8 Å². The molecule has 0 aliphatic carbocycles. The van der Waals surface area contributed by atoms with E-state index in [-0.39, 0.29) is 15.9 Å². The van der Waals surface area contributed by atoms with Gasteiger partial charge >= 0.3 is 0 Å². The van der Waals surface area contributed by atoms with Crippen LogP contribution in [0.1, 0.15) is 0 Å². The summed E-state index contributed by atoms with van der Waals surface area (Å²) < 4.78 is 46.0. The summed E-state index contributed by atoms with van der Waals surface area (Å²) in [6.07, 6.45) is 3.20. The molecule has 9 nitrogen and oxygen atoms in total. The topological polar surface area (TPSA) is 168 Å². The highest BCUT2D eigenvalue weighted by Gasteiger charge is 2.22. The second kappa shape index (κ2) is 6.82. The van der Waals surface area contributed by atoms with Gasteiger partial charge in [0, 0.05) is 0 Å². The van der Waals surface area contributed by atoms with E-state index in [1.54, 1.807) is 12.4 Å². The third kappa shape index (κ3) is 4.57. The van der Waals surface area contributed by atoms with Crippen LogP contribution in [0.4, 0.5) is 5.69 Å². The molecule has 0 bridgehead atoms. The summed E-state index contributed by atoms with van der Waals surface area (Å²) in [5, 5.41) is 20.5. The molecule has 22 heavy (non-hydrogen) atoms. The molecule has 0 aliphatic heterocycles. The normalized spacial score (nSPS) is 12.8. The second-order valence-corrected chi connectivity index (χ2v) is 7.96. The maximum absolute atomic E-state index is 11.6. The molecule has 13 heteroatoms. The van der Waals surface area contributed by atoms with Crippen LogP contribution in [0.5, 0.6) is 0 Å². The fourth-order valence-corrected chi connectivity index (χ4v) is 3.52. The number of sulfonamides is 2. The molecule has 120 valence electrons. The molecule has 0 radical (unpaired) electrons. The minimum absolute atomic E-state index is 0.0619. The largest absolute Gasteiger partial charge is 0.271 e. The van der Waals surface area contributed by atoms with E-state index in [0.717, 1.165) is 23.9 Å². The number of nitrogens with one attached hydrogen (secondary N) is 1. The SMILES string of the molecule is CSC(=Nc1cc(Cl)c(S(N)(=O)=O)cc1S(N)(=O)=O)NC#N. The zero-order chi connectivity index (χ0) is 17.1. The Bertz CT molecular complexity index is 873. The van der Waals surface area contributed by atoms with Crippen LogP contribution in [0.25, 0.3) is 0 Å². The molecule has 0 saturated carbocycles. The van der Waals surface area contributed by atoms with Gasteiger partial charge in [-0.2, -0.15) is 5.26 Å². The van der Waals surface area contributed by atoms with Crippen molar-refractivity contribution in [3.63, 3.8) is 0 Å². The van der Waals surface area contributed by atoms with Gasteiger partial charge in [-0.25, -0.2) is 32.1 Å². The van der Waals surface area contributed by atoms with Crippen LogP contribution in [0.2, 0.25) is 5.02 Å². The summed E-state index contributed by atoms with van der Waals surface area (Å²) in [6, 6.07) is 1.70. The van der Waals surface area contributed by atoms with Crippen LogP contribution in [0, 0.1) is 11.5 Å². The molecule has 0 aliphatic rings. The third-order valence-electron chi connectivity index (χ3n) is 2.20. The highest BCUT2D eigenvalue weighted by Crippen LogP contribution is 2.32. The number of primary sulfonamides is 2.